The minimum atomic E-state index is -0.406. The molecule has 0 bridgehead atoms. The summed E-state index contributed by atoms with van der Waals surface area (Å²) in [6.45, 7) is 2.24. The Bertz CT molecular complexity index is 522. The van der Waals surface area contributed by atoms with Crippen molar-refractivity contribution in [3.63, 3.8) is 0 Å². The molecule has 1 aliphatic carbocycles. The molecule has 1 aliphatic rings. The summed E-state index contributed by atoms with van der Waals surface area (Å²) < 4.78 is 5.33. The lowest BCUT2D eigenvalue weighted by molar-refractivity contribution is 0.222. The second-order valence-electron chi connectivity index (χ2n) is 5.26. The van der Waals surface area contributed by atoms with E-state index in [2.05, 4.69) is 17.1 Å². The van der Waals surface area contributed by atoms with Crippen LogP contribution in [0.15, 0.2) is 22.0 Å². The van der Waals surface area contributed by atoms with E-state index in [9.17, 15) is 0 Å². The molecule has 0 aliphatic heterocycles. The smallest absolute Gasteiger partial charge is 0.268 e. The minimum Gasteiger partial charge on any atom is -0.333 e. The molecule has 2 N–H and O–H groups in total. The molecule has 0 amide bonds. The maximum absolute atomic E-state index is 6.46. The summed E-state index contributed by atoms with van der Waals surface area (Å²) in [5.41, 5.74) is 6.05. The Morgan fingerprint density at radius 1 is 1.56 bits per heavy atom. The van der Waals surface area contributed by atoms with Gasteiger partial charge in [0.15, 0.2) is 5.82 Å². The van der Waals surface area contributed by atoms with Crippen LogP contribution in [-0.4, -0.2) is 10.1 Å². The van der Waals surface area contributed by atoms with Crippen LogP contribution in [0.4, 0.5) is 0 Å². The molecule has 1 saturated carbocycles. The predicted octanol–water partition coefficient (Wildman–Crippen LogP) is 3.16. The molecule has 0 aromatic carbocycles. The molecule has 2 aromatic rings. The maximum Gasteiger partial charge on any atom is 0.268 e. The lowest BCUT2D eigenvalue weighted by Gasteiger charge is -2.33. The molecule has 96 valence electrons. The fraction of sp³-hybridized carbons (Fsp3) is 0.538. The standard InChI is InChI=1S/C13H17N3OS/c1-9-4-2-6-13(14,8-9)12-15-11(17-16-12)10-5-3-7-18-10/h3,5,7,9H,2,4,6,8,14H2,1H3. The molecule has 1 fully saturated rings. The number of nitrogens with zero attached hydrogens (tertiary/aromatic N) is 2. The molecule has 2 aromatic heterocycles. The minimum absolute atomic E-state index is 0.406. The monoisotopic (exact) mass is 263 g/mol. The summed E-state index contributed by atoms with van der Waals surface area (Å²) >= 11 is 1.60. The van der Waals surface area contributed by atoms with Gasteiger partial charge in [0.1, 0.15) is 0 Å². The van der Waals surface area contributed by atoms with Gasteiger partial charge in [0.2, 0.25) is 0 Å². The molecule has 0 radical (unpaired) electrons. The highest BCUT2D eigenvalue weighted by atomic mass is 32.1. The van der Waals surface area contributed by atoms with Gasteiger partial charge in [0.05, 0.1) is 10.4 Å². The molecule has 18 heavy (non-hydrogen) atoms. The van der Waals surface area contributed by atoms with Crippen molar-refractivity contribution in [3.05, 3.63) is 23.3 Å². The molecule has 0 spiro atoms. The average molecular weight is 263 g/mol. The van der Waals surface area contributed by atoms with Gasteiger partial charge in [-0.3, -0.25) is 0 Å². The van der Waals surface area contributed by atoms with Crippen LogP contribution in [-0.2, 0) is 5.54 Å². The second-order valence-corrected chi connectivity index (χ2v) is 6.21. The number of hydrogen-bond acceptors (Lipinski definition) is 5. The third kappa shape index (κ3) is 2.08. The van der Waals surface area contributed by atoms with Crippen LogP contribution in [0.5, 0.6) is 0 Å². The van der Waals surface area contributed by atoms with E-state index in [1.165, 1.54) is 6.42 Å². The molecule has 2 atom stereocenters. The first-order valence-corrected chi connectivity index (χ1v) is 7.22. The van der Waals surface area contributed by atoms with Crippen LogP contribution in [0.3, 0.4) is 0 Å². The van der Waals surface area contributed by atoms with Crippen LogP contribution in [0.25, 0.3) is 10.8 Å². The van der Waals surface area contributed by atoms with Crippen LogP contribution in [0.2, 0.25) is 0 Å². The normalized spacial score (nSPS) is 28.4. The van der Waals surface area contributed by atoms with Gasteiger partial charge < -0.3 is 10.3 Å². The van der Waals surface area contributed by atoms with E-state index in [0.717, 1.165) is 24.1 Å². The Hall–Kier alpha value is -1.20. The predicted molar refractivity (Wildman–Crippen MR) is 71.1 cm³/mol. The van der Waals surface area contributed by atoms with Gasteiger partial charge in [0.25, 0.3) is 5.89 Å². The van der Waals surface area contributed by atoms with Crippen molar-refractivity contribution in [3.8, 4) is 10.8 Å². The highest BCUT2D eigenvalue weighted by molar-refractivity contribution is 7.13. The highest BCUT2D eigenvalue weighted by Crippen LogP contribution is 2.37. The van der Waals surface area contributed by atoms with Crippen molar-refractivity contribution in [2.24, 2.45) is 11.7 Å². The molecule has 3 rings (SSSR count). The molecule has 2 heterocycles. The number of aromatic nitrogens is 2. The zero-order valence-corrected chi connectivity index (χ0v) is 11.2. The fourth-order valence-corrected chi connectivity index (χ4v) is 3.37. The lowest BCUT2D eigenvalue weighted by atomic mass is 9.76. The van der Waals surface area contributed by atoms with Crippen molar-refractivity contribution in [1.29, 1.82) is 0 Å². The lowest BCUT2D eigenvalue weighted by Crippen LogP contribution is -2.42. The van der Waals surface area contributed by atoms with E-state index >= 15 is 0 Å². The summed E-state index contributed by atoms with van der Waals surface area (Å²) in [5.74, 6) is 1.88. The molecule has 5 heteroatoms. The SMILES string of the molecule is CC1CCCC(N)(c2noc(-c3cccs3)n2)C1. The Kier molecular flexibility index (Phi) is 2.95. The summed E-state index contributed by atoms with van der Waals surface area (Å²) in [6, 6.07) is 3.96. The highest BCUT2D eigenvalue weighted by Gasteiger charge is 2.37. The van der Waals surface area contributed by atoms with Crippen LogP contribution >= 0.6 is 11.3 Å². The topological polar surface area (TPSA) is 64.9 Å². The zero-order chi connectivity index (χ0) is 12.6. The van der Waals surface area contributed by atoms with E-state index in [1.807, 2.05) is 17.5 Å². The molecular formula is C13H17N3OS. The average Bonchev–Trinajstić information content (AvgIpc) is 3.00. The van der Waals surface area contributed by atoms with Crippen molar-refractivity contribution in [1.82, 2.24) is 10.1 Å². The number of thiophene rings is 1. The van der Waals surface area contributed by atoms with E-state index in [4.69, 9.17) is 10.3 Å². The third-order valence-electron chi connectivity index (χ3n) is 3.64. The maximum atomic E-state index is 6.46. The van der Waals surface area contributed by atoms with Gasteiger partial charge >= 0.3 is 0 Å². The van der Waals surface area contributed by atoms with E-state index in [0.29, 0.717) is 17.6 Å². The van der Waals surface area contributed by atoms with Gasteiger partial charge in [-0.1, -0.05) is 31.0 Å². The first-order chi connectivity index (χ1) is 8.67. The van der Waals surface area contributed by atoms with Gasteiger partial charge in [-0.15, -0.1) is 11.3 Å². The summed E-state index contributed by atoms with van der Waals surface area (Å²) in [7, 11) is 0. The number of rotatable bonds is 2. The number of nitrogens with two attached hydrogens (primary N) is 1. The summed E-state index contributed by atoms with van der Waals surface area (Å²) in [5, 5.41) is 6.10. The van der Waals surface area contributed by atoms with Gasteiger partial charge in [-0.25, -0.2) is 0 Å². The molecular weight excluding hydrogens is 246 g/mol. The Morgan fingerprint density at radius 2 is 2.44 bits per heavy atom. The first kappa shape index (κ1) is 11.9. The largest absolute Gasteiger partial charge is 0.333 e. The summed E-state index contributed by atoms with van der Waals surface area (Å²) in [4.78, 5) is 5.49. The Morgan fingerprint density at radius 3 is 3.17 bits per heavy atom. The Labute approximate surface area is 110 Å². The first-order valence-electron chi connectivity index (χ1n) is 6.34. The second kappa shape index (κ2) is 4.48. The quantitative estimate of drug-likeness (QED) is 0.903. The zero-order valence-electron chi connectivity index (χ0n) is 10.4. The number of hydrogen-bond donors (Lipinski definition) is 1. The van der Waals surface area contributed by atoms with Gasteiger partial charge in [0, 0.05) is 0 Å². The van der Waals surface area contributed by atoms with E-state index in [1.54, 1.807) is 11.3 Å². The van der Waals surface area contributed by atoms with Crippen molar-refractivity contribution >= 4 is 11.3 Å². The van der Waals surface area contributed by atoms with Crippen molar-refractivity contribution in [2.75, 3.05) is 0 Å². The van der Waals surface area contributed by atoms with Crippen molar-refractivity contribution < 1.29 is 4.52 Å². The molecule has 2 unspecified atom stereocenters. The van der Waals surface area contributed by atoms with E-state index < -0.39 is 5.54 Å². The van der Waals surface area contributed by atoms with Crippen LogP contribution < -0.4 is 5.73 Å². The molecule has 4 nitrogen and oxygen atoms in total. The Balaban J connectivity index is 1.88. The third-order valence-corrected chi connectivity index (χ3v) is 4.49. The van der Waals surface area contributed by atoms with Crippen LogP contribution in [0.1, 0.15) is 38.4 Å². The van der Waals surface area contributed by atoms with Crippen LogP contribution in [0, 0.1) is 5.92 Å². The van der Waals surface area contributed by atoms with Gasteiger partial charge in [-0.2, -0.15) is 4.98 Å². The van der Waals surface area contributed by atoms with Gasteiger partial charge in [-0.05, 0) is 30.2 Å². The fourth-order valence-electron chi connectivity index (χ4n) is 2.72. The van der Waals surface area contributed by atoms with E-state index in [-0.39, 0.29) is 0 Å². The van der Waals surface area contributed by atoms with Crippen molar-refractivity contribution in [2.45, 2.75) is 38.1 Å². The summed E-state index contributed by atoms with van der Waals surface area (Å²) in [6.07, 6.45) is 4.27. The molecule has 0 saturated heterocycles.